The highest BCUT2D eigenvalue weighted by Gasteiger charge is 2.16. The van der Waals surface area contributed by atoms with Gasteiger partial charge < -0.3 is 15.0 Å². The molecule has 0 aliphatic rings. The largest absolute Gasteiger partial charge is 0.444 e. The highest BCUT2D eigenvalue weighted by Crippen LogP contribution is 2.15. The molecule has 1 amide bonds. The Balaban J connectivity index is 1.98. The van der Waals surface area contributed by atoms with E-state index in [0.29, 0.717) is 32.0 Å². The molecule has 1 aromatic carbocycles. The van der Waals surface area contributed by atoms with E-state index >= 15 is 0 Å². The van der Waals surface area contributed by atoms with Crippen molar-refractivity contribution in [2.75, 3.05) is 18.0 Å². The molecule has 9 heteroatoms. The van der Waals surface area contributed by atoms with Crippen LogP contribution in [0.1, 0.15) is 32.8 Å². The number of nitrogens with zero attached hydrogens (tertiary/aromatic N) is 4. The molecular formula is C19H25N5O4. The van der Waals surface area contributed by atoms with Crippen molar-refractivity contribution in [1.29, 1.82) is 0 Å². The lowest BCUT2D eigenvalue weighted by Crippen LogP contribution is -2.34. The number of hydrogen-bond acceptors (Lipinski definition) is 7. The van der Waals surface area contributed by atoms with E-state index < -0.39 is 16.6 Å². The summed E-state index contributed by atoms with van der Waals surface area (Å²) in [7, 11) is 0. The molecule has 28 heavy (non-hydrogen) atoms. The van der Waals surface area contributed by atoms with Gasteiger partial charge in [0.25, 0.3) is 0 Å². The maximum absolute atomic E-state index is 11.7. The molecule has 1 heterocycles. The summed E-state index contributed by atoms with van der Waals surface area (Å²) in [4.78, 5) is 32.2. The van der Waals surface area contributed by atoms with Crippen LogP contribution in [0.3, 0.4) is 0 Å². The molecule has 0 unspecified atom stereocenters. The van der Waals surface area contributed by atoms with Crippen LogP contribution in [0, 0.1) is 10.1 Å². The third kappa shape index (κ3) is 7.18. The van der Waals surface area contributed by atoms with Gasteiger partial charge in [-0.15, -0.1) is 0 Å². The molecule has 1 aromatic heterocycles. The van der Waals surface area contributed by atoms with Gasteiger partial charge in [0.05, 0.1) is 4.92 Å². The minimum Gasteiger partial charge on any atom is -0.444 e. The van der Waals surface area contributed by atoms with E-state index in [-0.39, 0.29) is 5.69 Å². The Labute approximate surface area is 163 Å². The maximum Gasteiger partial charge on any atom is 0.407 e. The number of anilines is 1. The topological polar surface area (TPSA) is 110 Å². The van der Waals surface area contributed by atoms with Gasteiger partial charge >= 0.3 is 11.8 Å². The standard InChI is InChI=1S/C19H25N5O4/c1-19(2,3)28-18(25)20-10-7-11-23(14-15-8-5-4-6-9-15)17-21-12-16(13-22-17)24(26)27/h4-6,8-9,12-13H,7,10-11,14H2,1-3H3,(H,20,25). The zero-order valence-electron chi connectivity index (χ0n) is 16.3. The highest BCUT2D eigenvalue weighted by atomic mass is 16.6. The minimum atomic E-state index is -0.546. The number of hydrogen-bond donors (Lipinski definition) is 1. The van der Waals surface area contributed by atoms with Crippen LogP contribution in [0.15, 0.2) is 42.7 Å². The van der Waals surface area contributed by atoms with Crippen molar-refractivity contribution >= 4 is 17.7 Å². The number of carbonyl (C=O) groups excluding carboxylic acids is 1. The first kappa shape index (κ1) is 21.1. The Morgan fingerprint density at radius 3 is 2.43 bits per heavy atom. The number of amides is 1. The molecule has 9 nitrogen and oxygen atoms in total. The van der Waals surface area contributed by atoms with Crippen LogP contribution in [0.4, 0.5) is 16.4 Å². The molecule has 2 rings (SSSR count). The minimum absolute atomic E-state index is 0.157. The zero-order valence-corrected chi connectivity index (χ0v) is 16.3. The third-order valence-electron chi connectivity index (χ3n) is 3.61. The summed E-state index contributed by atoms with van der Waals surface area (Å²) in [6, 6.07) is 9.78. The Kier molecular flexibility index (Phi) is 7.25. The average molecular weight is 387 g/mol. The number of rotatable bonds is 8. The predicted molar refractivity (Wildman–Crippen MR) is 105 cm³/mol. The number of carbonyl (C=O) groups is 1. The summed E-state index contributed by atoms with van der Waals surface area (Å²) < 4.78 is 5.21. The lowest BCUT2D eigenvalue weighted by atomic mass is 10.2. The van der Waals surface area contributed by atoms with E-state index in [2.05, 4.69) is 15.3 Å². The van der Waals surface area contributed by atoms with Crippen molar-refractivity contribution < 1.29 is 14.5 Å². The fourth-order valence-electron chi connectivity index (χ4n) is 2.40. The number of ether oxygens (including phenoxy) is 1. The SMILES string of the molecule is CC(C)(C)OC(=O)NCCCN(Cc1ccccc1)c1ncc([N+](=O)[O-])cn1. The average Bonchev–Trinajstić information content (AvgIpc) is 2.63. The summed E-state index contributed by atoms with van der Waals surface area (Å²) in [6.45, 7) is 6.95. The second kappa shape index (κ2) is 9.63. The zero-order chi connectivity index (χ0) is 20.6. The van der Waals surface area contributed by atoms with Gasteiger partial charge in [-0.25, -0.2) is 14.8 Å². The first-order chi connectivity index (χ1) is 13.2. The number of nitrogens with one attached hydrogen (secondary N) is 1. The van der Waals surface area contributed by atoms with E-state index in [0.717, 1.165) is 5.56 Å². The number of nitro groups is 1. The molecule has 0 spiro atoms. The lowest BCUT2D eigenvalue weighted by Gasteiger charge is -2.23. The van der Waals surface area contributed by atoms with Gasteiger partial charge in [0.2, 0.25) is 5.95 Å². The normalized spacial score (nSPS) is 11.0. The van der Waals surface area contributed by atoms with E-state index in [4.69, 9.17) is 4.74 Å². The number of aromatic nitrogens is 2. The Morgan fingerprint density at radius 1 is 1.21 bits per heavy atom. The van der Waals surface area contributed by atoms with Crippen molar-refractivity contribution in [2.45, 2.75) is 39.3 Å². The highest BCUT2D eigenvalue weighted by molar-refractivity contribution is 5.67. The van der Waals surface area contributed by atoms with Gasteiger partial charge in [0, 0.05) is 19.6 Å². The smallest absolute Gasteiger partial charge is 0.407 e. The van der Waals surface area contributed by atoms with Crippen molar-refractivity contribution in [3.05, 3.63) is 58.4 Å². The molecule has 0 saturated carbocycles. The Morgan fingerprint density at radius 2 is 1.86 bits per heavy atom. The molecule has 0 aliphatic heterocycles. The molecular weight excluding hydrogens is 362 g/mol. The molecule has 0 saturated heterocycles. The van der Waals surface area contributed by atoms with E-state index in [1.807, 2.05) is 35.2 Å². The second-order valence-electron chi connectivity index (χ2n) is 7.19. The summed E-state index contributed by atoms with van der Waals surface area (Å²) >= 11 is 0. The van der Waals surface area contributed by atoms with E-state index in [1.54, 1.807) is 20.8 Å². The quantitative estimate of drug-likeness (QED) is 0.420. The van der Waals surface area contributed by atoms with Gasteiger partial charge in [-0.2, -0.15) is 0 Å². The van der Waals surface area contributed by atoms with Crippen molar-refractivity contribution in [2.24, 2.45) is 0 Å². The third-order valence-corrected chi connectivity index (χ3v) is 3.61. The van der Waals surface area contributed by atoms with Gasteiger partial charge in [-0.1, -0.05) is 30.3 Å². The van der Waals surface area contributed by atoms with Gasteiger partial charge in [0.15, 0.2) is 0 Å². The van der Waals surface area contributed by atoms with Crippen LogP contribution in [-0.4, -0.2) is 39.7 Å². The van der Waals surface area contributed by atoms with Crippen LogP contribution >= 0.6 is 0 Å². The molecule has 0 bridgehead atoms. The molecule has 150 valence electrons. The molecule has 1 N–H and O–H groups in total. The lowest BCUT2D eigenvalue weighted by molar-refractivity contribution is -0.385. The molecule has 0 radical (unpaired) electrons. The van der Waals surface area contributed by atoms with Crippen LogP contribution in [0.5, 0.6) is 0 Å². The summed E-state index contributed by atoms with van der Waals surface area (Å²) in [5, 5.41) is 13.5. The van der Waals surface area contributed by atoms with E-state index in [1.165, 1.54) is 12.4 Å². The van der Waals surface area contributed by atoms with Gasteiger partial charge in [-0.3, -0.25) is 10.1 Å². The van der Waals surface area contributed by atoms with Crippen molar-refractivity contribution in [3.63, 3.8) is 0 Å². The summed E-state index contributed by atoms with van der Waals surface area (Å²) in [5.74, 6) is 0.395. The second-order valence-corrected chi connectivity index (χ2v) is 7.19. The Bertz CT molecular complexity index is 775. The van der Waals surface area contributed by atoms with Gasteiger partial charge in [0.1, 0.15) is 18.0 Å². The fourth-order valence-corrected chi connectivity index (χ4v) is 2.40. The fraction of sp³-hybridized carbons (Fsp3) is 0.421. The van der Waals surface area contributed by atoms with Crippen LogP contribution in [-0.2, 0) is 11.3 Å². The van der Waals surface area contributed by atoms with Crippen LogP contribution < -0.4 is 10.2 Å². The molecule has 0 aliphatic carbocycles. The monoisotopic (exact) mass is 387 g/mol. The van der Waals surface area contributed by atoms with Crippen molar-refractivity contribution in [3.8, 4) is 0 Å². The number of benzene rings is 1. The molecule has 0 atom stereocenters. The Hall–Kier alpha value is -3.23. The number of alkyl carbamates (subject to hydrolysis) is 1. The summed E-state index contributed by atoms with van der Waals surface area (Å²) in [6.07, 6.45) is 2.55. The molecule has 0 fully saturated rings. The van der Waals surface area contributed by atoms with Crippen LogP contribution in [0.2, 0.25) is 0 Å². The maximum atomic E-state index is 11.7. The summed E-state index contributed by atoms with van der Waals surface area (Å²) in [5.41, 5.74) is 0.357. The molecule has 2 aromatic rings. The first-order valence-electron chi connectivity index (χ1n) is 8.97. The first-order valence-corrected chi connectivity index (χ1v) is 8.97. The predicted octanol–water partition coefficient (Wildman–Crippen LogP) is 3.31. The van der Waals surface area contributed by atoms with Crippen LogP contribution in [0.25, 0.3) is 0 Å². The van der Waals surface area contributed by atoms with Crippen molar-refractivity contribution in [1.82, 2.24) is 15.3 Å². The van der Waals surface area contributed by atoms with Gasteiger partial charge in [-0.05, 0) is 32.8 Å². The van der Waals surface area contributed by atoms with E-state index in [9.17, 15) is 14.9 Å².